The maximum Gasteiger partial charge on any atom is 0.247 e. The van der Waals surface area contributed by atoms with E-state index in [1.165, 1.54) is 0 Å². The van der Waals surface area contributed by atoms with Gasteiger partial charge in [-0.1, -0.05) is 12.1 Å². The molecular weight excluding hydrogens is 370 g/mol. The molecule has 3 rings (SSSR count). The van der Waals surface area contributed by atoms with Gasteiger partial charge in [0.25, 0.3) is 0 Å². The molecule has 1 aliphatic rings. The molecule has 1 fully saturated rings. The molecule has 29 heavy (non-hydrogen) atoms. The molecule has 2 aromatic rings. The van der Waals surface area contributed by atoms with Crippen LogP contribution in [-0.4, -0.2) is 45.8 Å². The summed E-state index contributed by atoms with van der Waals surface area (Å²) in [6.45, 7) is 0.736. The second kappa shape index (κ2) is 9.37. The molecule has 0 N–H and O–H groups in total. The van der Waals surface area contributed by atoms with Gasteiger partial charge in [-0.05, 0) is 54.3 Å². The highest BCUT2D eigenvalue weighted by molar-refractivity contribution is 5.92. The van der Waals surface area contributed by atoms with Crippen LogP contribution in [0.1, 0.15) is 30.0 Å². The van der Waals surface area contributed by atoms with Gasteiger partial charge in [0.2, 0.25) is 11.7 Å². The molecule has 1 heterocycles. The average Bonchev–Trinajstić information content (AvgIpc) is 3.26. The van der Waals surface area contributed by atoms with E-state index in [9.17, 15) is 4.79 Å². The van der Waals surface area contributed by atoms with Crippen LogP contribution >= 0.6 is 0 Å². The molecule has 0 aliphatic carbocycles. The third kappa shape index (κ3) is 4.47. The zero-order chi connectivity index (χ0) is 20.8. The van der Waals surface area contributed by atoms with Crippen LogP contribution in [0.2, 0.25) is 0 Å². The van der Waals surface area contributed by atoms with E-state index in [-0.39, 0.29) is 11.9 Å². The maximum absolute atomic E-state index is 12.9. The predicted octanol–water partition coefficient (Wildman–Crippen LogP) is 4.10. The molecule has 1 saturated heterocycles. The Morgan fingerprint density at radius 1 is 1.00 bits per heavy atom. The molecule has 2 aromatic carbocycles. The van der Waals surface area contributed by atoms with E-state index in [1.807, 2.05) is 41.3 Å². The zero-order valence-electron chi connectivity index (χ0n) is 17.3. The van der Waals surface area contributed by atoms with Gasteiger partial charge in [0.05, 0.1) is 34.5 Å². The fourth-order valence-electron chi connectivity index (χ4n) is 3.69. The number of likely N-dealkylation sites (tertiary alicyclic amines) is 1. The Morgan fingerprint density at radius 2 is 1.72 bits per heavy atom. The number of rotatable bonds is 7. The van der Waals surface area contributed by atoms with E-state index in [4.69, 9.17) is 18.9 Å². The van der Waals surface area contributed by atoms with Crippen molar-refractivity contribution in [2.75, 3.05) is 35.0 Å². The summed E-state index contributed by atoms with van der Waals surface area (Å²) in [4.78, 5) is 14.8. The van der Waals surface area contributed by atoms with Crippen LogP contribution in [0.3, 0.4) is 0 Å². The van der Waals surface area contributed by atoms with Crippen LogP contribution in [-0.2, 0) is 4.79 Å². The van der Waals surface area contributed by atoms with E-state index < -0.39 is 0 Å². The Morgan fingerprint density at radius 3 is 2.34 bits per heavy atom. The normalized spacial score (nSPS) is 16.1. The summed E-state index contributed by atoms with van der Waals surface area (Å²) < 4.78 is 21.4. The van der Waals surface area contributed by atoms with Crippen molar-refractivity contribution in [3.63, 3.8) is 0 Å². The summed E-state index contributed by atoms with van der Waals surface area (Å²) in [5.41, 5.74) is 1.89. The Bertz CT molecular complexity index is 868. The van der Waals surface area contributed by atoms with Gasteiger partial charge in [0.1, 0.15) is 5.75 Å². The molecule has 0 aromatic heterocycles. The molecule has 0 bridgehead atoms. The van der Waals surface area contributed by atoms with E-state index in [1.54, 1.807) is 40.6 Å². The summed E-state index contributed by atoms with van der Waals surface area (Å²) in [6, 6.07) is 11.6. The second-order valence-corrected chi connectivity index (χ2v) is 6.76. The lowest BCUT2D eigenvalue weighted by atomic mass is 10.0. The molecule has 1 unspecified atom stereocenters. The largest absolute Gasteiger partial charge is 0.497 e. The number of hydrogen-bond acceptors (Lipinski definition) is 5. The van der Waals surface area contributed by atoms with Crippen LogP contribution in [0.5, 0.6) is 23.0 Å². The highest BCUT2D eigenvalue weighted by Crippen LogP contribution is 2.39. The van der Waals surface area contributed by atoms with Crippen molar-refractivity contribution in [2.45, 2.75) is 18.9 Å². The lowest BCUT2D eigenvalue weighted by Gasteiger charge is -2.24. The first-order chi connectivity index (χ1) is 14.1. The van der Waals surface area contributed by atoms with Crippen LogP contribution in [0.25, 0.3) is 6.08 Å². The Kier molecular flexibility index (Phi) is 6.65. The highest BCUT2D eigenvalue weighted by atomic mass is 16.5. The fourth-order valence-corrected chi connectivity index (χ4v) is 3.69. The van der Waals surface area contributed by atoms with Gasteiger partial charge >= 0.3 is 0 Å². The van der Waals surface area contributed by atoms with Crippen molar-refractivity contribution in [3.05, 3.63) is 53.6 Å². The van der Waals surface area contributed by atoms with Gasteiger partial charge in [-0.3, -0.25) is 4.79 Å². The topological polar surface area (TPSA) is 57.2 Å². The number of nitrogens with zero attached hydrogens (tertiary/aromatic N) is 1. The molecule has 0 radical (unpaired) electrons. The summed E-state index contributed by atoms with van der Waals surface area (Å²) in [5, 5.41) is 0. The van der Waals surface area contributed by atoms with Crippen LogP contribution < -0.4 is 18.9 Å². The lowest BCUT2D eigenvalue weighted by Crippen LogP contribution is -2.28. The van der Waals surface area contributed by atoms with Crippen molar-refractivity contribution >= 4 is 12.0 Å². The minimum Gasteiger partial charge on any atom is -0.497 e. The Labute approximate surface area is 171 Å². The van der Waals surface area contributed by atoms with E-state index >= 15 is 0 Å². The predicted molar refractivity (Wildman–Crippen MR) is 112 cm³/mol. The van der Waals surface area contributed by atoms with Crippen molar-refractivity contribution < 1.29 is 23.7 Å². The van der Waals surface area contributed by atoms with Gasteiger partial charge < -0.3 is 23.8 Å². The fraction of sp³-hybridized carbons (Fsp3) is 0.348. The van der Waals surface area contributed by atoms with Gasteiger partial charge in [-0.2, -0.15) is 0 Å². The summed E-state index contributed by atoms with van der Waals surface area (Å²) in [6.07, 6.45) is 5.29. The zero-order valence-corrected chi connectivity index (χ0v) is 17.3. The van der Waals surface area contributed by atoms with Crippen LogP contribution in [0.15, 0.2) is 42.5 Å². The molecule has 6 nitrogen and oxygen atoms in total. The number of hydrogen-bond donors (Lipinski definition) is 0. The van der Waals surface area contributed by atoms with Crippen molar-refractivity contribution in [2.24, 2.45) is 0 Å². The van der Waals surface area contributed by atoms with Crippen molar-refractivity contribution in [1.29, 1.82) is 0 Å². The third-order valence-corrected chi connectivity index (χ3v) is 5.12. The molecule has 0 spiro atoms. The number of benzene rings is 2. The minimum atomic E-state index is -0.0240. The first-order valence-electron chi connectivity index (χ1n) is 9.54. The van der Waals surface area contributed by atoms with E-state index in [0.717, 1.165) is 36.3 Å². The molecule has 1 amide bonds. The molecule has 1 atom stereocenters. The van der Waals surface area contributed by atoms with E-state index in [0.29, 0.717) is 17.2 Å². The first-order valence-corrected chi connectivity index (χ1v) is 9.54. The standard InChI is InChI=1S/C23H27NO5/c1-26-18-8-5-7-17(15-18)19-9-6-12-24(19)22(25)11-10-16-13-20(27-2)23(29-4)21(14-16)28-3/h5,7-8,10-11,13-15,19H,6,9,12H2,1-4H3/b11-10+. The Balaban J connectivity index is 1.81. The van der Waals surface area contributed by atoms with Gasteiger partial charge in [-0.15, -0.1) is 0 Å². The maximum atomic E-state index is 12.9. The molecule has 1 aliphatic heterocycles. The van der Waals surface area contributed by atoms with Crippen LogP contribution in [0, 0.1) is 0 Å². The molecule has 6 heteroatoms. The van der Waals surface area contributed by atoms with Gasteiger partial charge in [0, 0.05) is 12.6 Å². The number of carbonyl (C=O) groups is 1. The van der Waals surface area contributed by atoms with Crippen molar-refractivity contribution in [3.8, 4) is 23.0 Å². The average molecular weight is 397 g/mol. The highest BCUT2D eigenvalue weighted by Gasteiger charge is 2.29. The summed E-state index contributed by atoms with van der Waals surface area (Å²) in [5.74, 6) is 2.40. The lowest BCUT2D eigenvalue weighted by molar-refractivity contribution is -0.126. The van der Waals surface area contributed by atoms with Gasteiger partial charge in [0.15, 0.2) is 11.5 Å². The Hall–Kier alpha value is -3.15. The molecule has 154 valence electrons. The number of amides is 1. The number of ether oxygens (including phenoxy) is 4. The molecule has 0 saturated carbocycles. The monoisotopic (exact) mass is 397 g/mol. The number of methoxy groups -OCH3 is 4. The van der Waals surface area contributed by atoms with Crippen LogP contribution in [0.4, 0.5) is 0 Å². The first kappa shape index (κ1) is 20.6. The molecular formula is C23H27NO5. The smallest absolute Gasteiger partial charge is 0.247 e. The van der Waals surface area contributed by atoms with E-state index in [2.05, 4.69) is 0 Å². The minimum absolute atomic E-state index is 0.0240. The summed E-state index contributed by atoms with van der Waals surface area (Å²) in [7, 11) is 6.35. The third-order valence-electron chi connectivity index (χ3n) is 5.12. The van der Waals surface area contributed by atoms with Crippen molar-refractivity contribution in [1.82, 2.24) is 4.90 Å². The SMILES string of the molecule is COc1cccc(C2CCCN2C(=O)/C=C/c2cc(OC)c(OC)c(OC)c2)c1. The summed E-state index contributed by atoms with van der Waals surface area (Å²) >= 11 is 0. The second-order valence-electron chi connectivity index (χ2n) is 6.76. The number of carbonyl (C=O) groups excluding carboxylic acids is 1. The van der Waals surface area contributed by atoms with Gasteiger partial charge in [-0.25, -0.2) is 0 Å². The quantitative estimate of drug-likeness (QED) is 0.659.